The van der Waals surface area contributed by atoms with Crippen molar-refractivity contribution in [3.63, 3.8) is 0 Å². The first-order chi connectivity index (χ1) is 8.33. The van der Waals surface area contributed by atoms with Crippen molar-refractivity contribution in [1.82, 2.24) is 9.80 Å². The lowest BCUT2D eigenvalue weighted by Gasteiger charge is -2.35. The third kappa shape index (κ3) is 3.21. The number of rotatable bonds is 4. The number of aliphatic imine (C=N–C) groups is 1. The third-order valence-electron chi connectivity index (χ3n) is 4.03. The molecule has 3 heteroatoms. The molecule has 1 unspecified atom stereocenters. The van der Waals surface area contributed by atoms with Gasteiger partial charge in [-0.25, -0.2) is 0 Å². The largest absolute Gasteiger partial charge is 0.359 e. The van der Waals surface area contributed by atoms with Crippen LogP contribution in [0.2, 0.25) is 0 Å². The highest BCUT2D eigenvalue weighted by molar-refractivity contribution is 5.88. The van der Waals surface area contributed by atoms with Crippen molar-refractivity contribution in [2.75, 3.05) is 33.2 Å². The molecule has 0 aromatic carbocycles. The van der Waals surface area contributed by atoms with Crippen LogP contribution in [-0.4, -0.2) is 54.9 Å². The Hall–Kier alpha value is -0.570. The number of nitrogens with zero attached hydrogens (tertiary/aromatic N) is 3. The SMILES string of the molecule is CCCCN(C)C1CCCCN2CCCN=C12. The number of unbranched alkanes of at least 4 members (excludes halogenated alkanes) is 1. The zero-order chi connectivity index (χ0) is 12.1. The number of hydrogen-bond acceptors (Lipinski definition) is 3. The highest BCUT2D eigenvalue weighted by Crippen LogP contribution is 2.20. The minimum Gasteiger partial charge on any atom is -0.359 e. The van der Waals surface area contributed by atoms with E-state index in [2.05, 4.69) is 23.8 Å². The standard InChI is InChI=1S/C14H27N3/c1-3-4-10-16(2)13-8-5-6-11-17-12-7-9-15-14(13)17/h13H,3-12H2,1-2H3. The van der Waals surface area contributed by atoms with Crippen LogP contribution in [-0.2, 0) is 0 Å². The fourth-order valence-electron chi connectivity index (χ4n) is 2.96. The summed E-state index contributed by atoms with van der Waals surface area (Å²) >= 11 is 0. The van der Waals surface area contributed by atoms with Gasteiger partial charge in [-0.15, -0.1) is 0 Å². The van der Waals surface area contributed by atoms with E-state index in [1.807, 2.05) is 0 Å². The monoisotopic (exact) mass is 237 g/mol. The van der Waals surface area contributed by atoms with Gasteiger partial charge in [0.05, 0.1) is 6.04 Å². The van der Waals surface area contributed by atoms with Crippen molar-refractivity contribution in [3.05, 3.63) is 0 Å². The molecule has 0 saturated carbocycles. The Balaban J connectivity index is 2.04. The maximum absolute atomic E-state index is 4.82. The Morgan fingerprint density at radius 1 is 1.29 bits per heavy atom. The summed E-state index contributed by atoms with van der Waals surface area (Å²) in [5, 5.41) is 0. The smallest absolute Gasteiger partial charge is 0.116 e. The molecule has 0 radical (unpaired) electrons. The van der Waals surface area contributed by atoms with Crippen LogP contribution in [0.5, 0.6) is 0 Å². The Bertz CT molecular complexity index is 262. The molecule has 1 fully saturated rings. The van der Waals surface area contributed by atoms with Gasteiger partial charge < -0.3 is 4.90 Å². The van der Waals surface area contributed by atoms with Gasteiger partial charge in [-0.1, -0.05) is 13.3 Å². The lowest BCUT2D eigenvalue weighted by molar-refractivity contribution is 0.264. The van der Waals surface area contributed by atoms with Gasteiger partial charge in [-0.2, -0.15) is 0 Å². The quantitative estimate of drug-likeness (QED) is 0.747. The summed E-state index contributed by atoms with van der Waals surface area (Å²) in [5.74, 6) is 1.40. The zero-order valence-electron chi connectivity index (χ0n) is 11.5. The van der Waals surface area contributed by atoms with Crippen LogP contribution in [0, 0.1) is 0 Å². The molecular formula is C14H27N3. The van der Waals surface area contributed by atoms with Crippen LogP contribution < -0.4 is 0 Å². The first-order valence-corrected chi connectivity index (χ1v) is 7.32. The molecule has 0 aromatic heterocycles. The summed E-state index contributed by atoms with van der Waals surface area (Å²) in [7, 11) is 2.28. The number of likely N-dealkylation sites (N-methyl/N-ethyl adjacent to an activating group) is 1. The molecule has 0 spiro atoms. The Kier molecular flexibility index (Phi) is 4.84. The van der Waals surface area contributed by atoms with Crippen LogP contribution in [0.3, 0.4) is 0 Å². The van der Waals surface area contributed by atoms with E-state index >= 15 is 0 Å². The fraction of sp³-hybridized carbons (Fsp3) is 0.929. The minimum atomic E-state index is 0.587. The predicted octanol–water partition coefficient (Wildman–Crippen LogP) is 2.38. The molecule has 0 N–H and O–H groups in total. The fourth-order valence-corrected chi connectivity index (χ4v) is 2.96. The molecule has 98 valence electrons. The molecule has 17 heavy (non-hydrogen) atoms. The number of amidine groups is 1. The predicted molar refractivity (Wildman–Crippen MR) is 73.7 cm³/mol. The van der Waals surface area contributed by atoms with Crippen molar-refractivity contribution in [1.29, 1.82) is 0 Å². The van der Waals surface area contributed by atoms with E-state index in [-0.39, 0.29) is 0 Å². The van der Waals surface area contributed by atoms with Gasteiger partial charge in [0.25, 0.3) is 0 Å². The van der Waals surface area contributed by atoms with Crippen molar-refractivity contribution >= 4 is 5.84 Å². The van der Waals surface area contributed by atoms with E-state index in [1.54, 1.807) is 0 Å². The second-order valence-electron chi connectivity index (χ2n) is 5.43. The van der Waals surface area contributed by atoms with Gasteiger partial charge >= 0.3 is 0 Å². The Labute approximate surface area is 106 Å². The van der Waals surface area contributed by atoms with Gasteiger partial charge in [0.15, 0.2) is 0 Å². The van der Waals surface area contributed by atoms with Crippen LogP contribution in [0.1, 0.15) is 45.4 Å². The third-order valence-corrected chi connectivity index (χ3v) is 4.03. The van der Waals surface area contributed by atoms with Crippen LogP contribution >= 0.6 is 0 Å². The Morgan fingerprint density at radius 3 is 2.94 bits per heavy atom. The van der Waals surface area contributed by atoms with Crippen molar-refractivity contribution in [3.8, 4) is 0 Å². The molecule has 0 aromatic rings. The summed E-state index contributed by atoms with van der Waals surface area (Å²) < 4.78 is 0. The minimum absolute atomic E-state index is 0.587. The molecule has 3 nitrogen and oxygen atoms in total. The van der Waals surface area contributed by atoms with E-state index in [0.717, 1.165) is 6.54 Å². The molecule has 0 bridgehead atoms. The first-order valence-electron chi connectivity index (χ1n) is 7.32. The molecule has 1 atom stereocenters. The first kappa shape index (κ1) is 12.9. The molecule has 2 heterocycles. The summed E-state index contributed by atoms with van der Waals surface area (Å²) in [6.07, 6.45) is 7.84. The van der Waals surface area contributed by atoms with Gasteiger partial charge in [0.2, 0.25) is 0 Å². The highest BCUT2D eigenvalue weighted by Gasteiger charge is 2.28. The summed E-state index contributed by atoms with van der Waals surface area (Å²) in [5.41, 5.74) is 0. The van der Waals surface area contributed by atoms with E-state index in [1.165, 1.54) is 64.0 Å². The molecular weight excluding hydrogens is 210 g/mol. The van der Waals surface area contributed by atoms with Crippen LogP contribution in [0.25, 0.3) is 0 Å². The molecule has 0 aliphatic carbocycles. The molecule has 0 amide bonds. The van der Waals surface area contributed by atoms with Gasteiger partial charge in [-0.05, 0) is 45.7 Å². The van der Waals surface area contributed by atoms with Crippen molar-refractivity contribution in [2.24, 2.45) is 4.99 Å². The van der Waals surface area contributed by atoms with Crippen molar-refractivity contribution < 1.29 is 0 Å². The lowest BCUT2D eigenvalue weighted by Crippen LogP contribution is -2.48. The summed E-state index contributed by atoms with van der Waals surface area (Å²) in [6, 6.07) is 0.587. The highest BCUT2D eigenvalue weighted by atomic mass is 15.3. The van der Waals surface area contributed by atoms with Gasteiger partial charge in [0.1, 0.15) is 5.84 Å². The van der Waals surface area contributed by atoms with E-state index in [4.69, 9.17) is 4.99 Å². The molecule has 1 saturated heterocycles. The zero-order valence-corrected chi connectivity index (χ0v) is 11.5. The van der Waals surface area contributed by atoms with Gasteiger partial charge in [-0.3, -0.25) is 9.89 Å². The second-order valence-corrected chi connectivity index (χ2v) is 5.43. The Morgan fingerprint density at radius 2 is 2.12 bits per heavy atom. The topological polar surface area (TPSA) is 18.8 Å². The van der Waals surface area contributed by atoms with E-state index in [0.29, 0.717) is 6.04 Å². The summed E-state index contributed by atoms with van der Waals surface area (Å²) in [4.78, 5) is 9.90. The van der Waals surface area contributed by atoms with E-state index in [9.17, 15) is 0 Å². The van der Waals surface area contributed by atoms with Crippen LogP contribution in [0.15, 0.2) is 4.99 Å². The lowest BCUT2D eigenvalue weighted by atomic mass is 10.1. The molecule has 2 aliphatic heterocycles. The molecule has 2 aliphatic rings. The maximum Gasteiger partial charge on any atom is 0.116 e. The normalized spacial score (nSPS) is 25.5. The second kappa shape index (κ2) is 6.39. The average molecular weight is 237 g/mol. The number of hydrogen-bond donors (Lipinski definition) is 0. The summed E-state index contributed by atoms with van der Waals surface area (Å²) in [6.45, 7) is 7.00. The van der Waals surface area contributed by atoms with Crippen LogP contribution in [0.4, 0.5) is 0 Å². The number of fused-ring (bicyclic) bond motifs is 1. The molecule has 2 rings (SSSR count). The van der Waals surface area contributed by atoms with Gasteiger partial charge in [0, 0.05) is 19.6 Å². The van der Waals surface area contributed by atoms with E-state index < -0.39 is 0 Å². The maximum atomic E-state index is 4.82. The van der Waals surface area contributed by atoms with Crippen molar-refractivity contribution in [2.45, 2.75) is 51.5 Å². The average Bonchev–Trinajstić information content (AvgIpc) is 2.58.